The van der Waals surface area contributed by atoms with Crippen LogP contribution in [0.2, 0.25) is 0 Å². The monoisotopic (exact) mass is 251 g/mol. The van der Waals surface area contributed by atoms with Gasteiger partial charge >= 0.3 is 0 Å². The van der Waals surface area contributed by atoms with Crippen molar-refractivity contribution < 1.29 is 8.78 Å². The van der Waals surface area contributed by atoms with Gasteiger partial charge in [0.15, 0.2) is 0 Å². The minimum absolute atomic E-state index is 0.188. The van der Waals surface area contributed by atoms with Crippen LogP contribution in [0.5, 0.6) is 0 Å². The SMILES string of the molecule is FC1(F)CN[C@H](c2nc(Br)c[nH]2)C1. The largest absolute Gasteiger partial charge is 0.346 e. The maximum Gasteiger partial charge on any atom is 0.262 e. The standard InChI is InChI=1S/C7H8BrF2N3/c8-5-2-11-6(13-5)4-1-7(9,10)3-12-4/h2,4,12H,1,3H2,(H,11,13)/t4-/m0/s1. The zero-order chi connectivity index (χ0) is 9.47. The molecule has 1 saturated heterocycles. The smallest absolute Gasteiger partial charge is 0.262 e. The van der Waals surface area contributed by atoms with Gasteiger partial charge in [0.1, 0.15) is 10.4 Å². The average Bonchev–Trinajstić information content (AvgIpc) is 2.56. The van der Waals surface area contributed by atoms with E-state index in [2.05, 4.69) is 31.2 Å². The van der Waals surface area contributed by atoms with Gasteiger partial charge in [-0.25, -0.2) is 13.8 Å². The topological polar surface area (TPSA) is 40.7 Å². The fourth-order valence-electron chi connectivity index (χ4n) is 1.40. The van der Waals surface area contributed by atoms with Crippen LogP contribution in [0.4, 0.5) is 8.78 Å². The maximum absolute atomic E-state index is 12.8. The van der Waals surface area contributed by atoms with Crippen LogP contribution in [0.15, 0.2) is 10.8 Å². The highest BCUT2D eigenvalue weighted by molar-refractivity contribution is 9.10. The molecule has 1 aliphatic heterocycles. The third kappa shape index (κ3) is 1.88. The molecule has 0 radical (unpaired) electrons. The number of alkyl halides is 2. The lowest BCUT2D eigenvalue weighted by atomic mass is 10.2. The Balaban J connectivity index is 2.12. The van der Waals surface area contributed by atoms with Crippen molar-refractivity contribution in [1.82, 2.24) is 15.3 Å². The van der Waals surface area contributed by atoms with E-state index in [1.807, 2.05) is 0 Å². The number of hydrogen-bond donors (Lipinski definition) is 2. The third-order valence-corrected chi connectivity index (χ3v) is 2.41. The van der Waals surface area contributed by atoms with Crippen LogP contribution < -0.4 is 5.32 Å². The number of imidazole rings is 1. The Morgan fingerprint density at radius 1 is 1.62 bits per heavy atom. The maximum atomic E-state index is 12.8. The Hall–Kier alpha value is -0.490. The number of halogens is 3. The van der Waals surface area contributed by atoms with E-state index in [4.69, 9.17) is 0 Å². The summed E-state index contributed by atoms with van der Waals surface area (Å²) in [6.07, 6.45) is 1.44. The quantitative estimate of drug-likeness (QED) is 0.800. The molecule has 3 nitrogen and oxygen atoms in total. The first-order chi connectivity index (χ1) is 6.07. The molecule has 1 aromatic rings. The van der Waals surface area contributed by atoms with Gasteiger partial charge in [0.25, 0.3) is 5.92 Å². The number of aromatic nitrogens is 2. The van der Waals surface area contributed by atoms with Crippen LogP contribution in [0.3, 0.4) is 0 Å². The molecule has 0 bridgehead atoms. The molecule has 0 saturated carbocycles. The summed E-state index contributed by atoms with van der Waals surface area (Å²) in [5, 5.41) is 2.71. The summed E-state index contributed by atoms with van der Waals surface area (Å²) >= 11 is 3.15. The van der Waals surface area contributed by atoms with Gasteiger partial charge < -0.3 is 10.3 Å². The molecule has 1 aromatic heterocycles. The summed E-state index contributed by atoms with van der Waals surface area (Å²) in [4.78, 5) is 6.85. The Morgan fingerprint density at radius 2 is 2.38 bits per heavy atom. The fraction of sp³-hybridized carbons (Fsp3) is 0.571. The van der Waals surface area contributed by atoms with E-state index in [0.29, 0.717) is 10.4 Å². The number of rotatable bonds is 1. The Morgan fingerprint density at radius 3 is 2.85 bits per heavy atom. The van der Waals surface area contributed by atoms with E-state index < -0.39 is 5.92 Å². The summed E-state index contributed by atoms with van der Waals surface area (Å²) in [6, 6.07) is -0.360. The predicted molar refractivity (Wildman–Crippen MR) is 46.6 cm³/mol. The Bertz CT molecular complexity index is 312. The summed E-state index contributed by atoms with van der Waals surface area (Å²) < 4.78 is 26.2. The minimum atomic E-state index is -2.61. The van der Waals surface area contributed by atoms with Gasteiger partial charge in [0.2, 0.25) is 0 Å². The third-order valence-electron chi connectivity index (χ3n) is 2.01. The van der Waals surface area contributed by atoms with Crippen molar-refractivity contribution in [3.8, 4) is 0 Å². The van der Waals surface area contributed by atoms with Gasteiger partial charge in [-0.2, -0.15) is 0 Å². The van der Waals surface area contributed by atoms with Gasteiger partial charge in [-0.05, 0) is 15.9 Å². The number of nitrogens with one attached hydrogen (secondary N) is 2. The van der Waals surface area contributed by atoms with E-state index in [-0.39, 0.29) is 19.0 Å². The molecule has 1 aliphatic rings. The van der Waals surface area contributed by atoms with E-state index in [9.17, 15) is 8.78 Å². The van der Waals surface area contributed by atoms with Gasteiger partial charge in [-0.1, -0.05) is 0 Å². The van der Waals surface area contributed by atoms with Gasteiger partial charge in [0.05, 0.1) is 12.6 Å². The molecule has 2 rings (SSSR count). The number of hydrogen-bond acceptors (Lipinski definition) is 2. The van der Waals surface area contributed by atoms with Crippen LogP contribution >= 0.6 is 15.9 Å². The zero-order valence-electron chi connectivity index (χ0n) is 6.65. The van der Waals surface area contributed by atoms with Crippen molar-refractivity contribution in [1.29, 1.82) is 0 Å². The van der Waals surface area contributed by atoms with Gasteiger partial charge in [-0.3, -0.25) is 0 Å². The normalized spacial score (nSPS) is 26.5. The molecular formula is C7H8BrF2N3. The second-order valence-electron chi connectivity index (χ2n) is 3.10. The highest BCUT2D eigenvalue weighted by Gasteiger charge is 2.40. The Labute approximate surface area is 82.1 Å². The lowest BCUT2D eigenvalue weighted by molar-refractivity contribution is 0.0208. The number of nitrogens with zero attached hydrogens (tertiary/aromatic N) is 1. The Kier molecular flexibility index (Phi) is 2.11. The molecule has 1 fully saturated rings. The molecule has 1 atom stereocenters. The number of aromatic amines is 1. The van der Waals surface area contributed by atoms with Gasteiger partial charge in [0, 0.05) is 12.6 Å². The second kappa shape index (κ2) is 3.02. The van der Waals surface area contributed by atoms with Crippen LogP contribution in [-0.4, -0.2) is 22.4 Å². The zero-order valence-corrected chi connectivity index (χ0v) is 8.24. The molecule has 13 heavy (non-hydrogen) atoms. The van der Waals surface area contributed by atoms with Crippen LogP contribution in [0.25, 0.3) is 0 Å². The van der Waals surface area contributed by atoms with E-state index >= 15 is 0 Å². The minimum Gasteiger partial charge on any atom is -0.346 e. The van der Waals surface area contributed by atoms with Crippen molar-refractivity contribution in [2.24, 2.45) is 0 Å². The summed E-state index contributed by atoms with van der Waals surface area (Å²) in [5.41, 5.74) is 0. The first-order valence-electron chi connectivity index (χ1n) is 3.89. The van der Waals surface area contributed by atoms with Crippen LogP contribution in [0.1, 0.15) is 18.3 Å². The molecule has 0 aromatic carbocycles. The van der Waals surface area contributed by atoms with E-state index in [1.165, 1.54) is 0 Å². The molecule has 6 heteroatoms. The predicted octanol–water partition coefficient (Wildman–Crippen LogP) is 1.84. The summed E-state index contributed by atoms with van der Waals surface area (Å²) in [5.74, 6) is -2.05. The molecular weight excluding hydrogens is 244 g/mol. The molecule has 2 N–H and O–H groups in total. The van der Waals surface area contributed by atoms with Gasteiger partial charge in [-0.15, -0.1) is 0 Å². The summed E-state index contributed by atoms with van der Waals surface area (Å²) in [7, 11) is 0. The van der Waals surface area contributed by atoms with E-state index in [0.717, 1.165) is 0 Å². The highest BCUT2D eigenvalue weighted by Crippen LogP contribution is 2.32. The molecule has 0 spiro atoms. The lowest BCUT2D eigenvalue weighted by Gasteiger charge is -2.06. The number of H-pyrrole nitrogens is 1. The fourth-order valence-corrected chi connectivity index (χ4v) is 1.71. The molecule has 0 aliphatic carbocycles. The molecule has 0 amide bonds. The molecule has 2 heterocycles. The van der Waals surface area contributed by atoms with E-state index in [1.54, 1.807) is 6.20 Å². The molecule has 72 valence electrons. The van der Waals surface area contributed by atoms with Crippen molar-refractivity contribution >= 4 is 15.9 Å². The van der Waals surface area contributed by atoms with Crippen LogP contribution in [0, 0.1) is 0 Å². The summed E-state index contributed by atoms with van der Waals surface area (Å²) in [6.45, 7) is -0.268. The van der Waals surface area contributed by atoms with Crippen molar-refractivity contribution in [3.63, 3.8) is 0 Å². The van der Waals surface area contributed by atoms with Crippen LogP contribution in [-0.2, 0) is 0 Å². The first-order valence-corrected chi connectivity index (χ1v) is 4.68. The highest BCUT2D eigenvalue weighted by atomic mass is 79.9. The molecule has 0 unspecified atom stereocenters. The van der Waals surface area contributed by atoms with Crippen molar-refractivity contribution in [2.45, 2.75) is 18.4 Å². The lowest BCUT2D eigenvalue weighted by Crippen LogP contribution is -2.19. The first kappa shape index (κ1) is 9.08. The van der Waals surface area contributed by atoms with Crippen molar-refractivity contribution in [3.05, 3.63) is 16.6 Å². The second-order valence-corrected chi connectivity index (χ2v) is 3.91. The average molecular weight is 252 g/mol. The van der Waals surface area contributed by atoms with Crippen molar-refractivity contribution in [2.75, 3.05) is 6.54 Å².